The number of rotatable bonds is 4. The number of benzene rings is 11. The SMILES string of the molecule is [2H]c1c([2H])c(-c2c([2H])c([2H])c(-c3c([2H])c([2H])c(-c4c([2H])c([2H])c5c([2H])c([2H])c6c([2H])c([2H])c([2H])c7c([2H])c([2H])c4c5c67)c([2H])c3[2H])c([2H])c2[2H])c([2H])c(-c2c([2H])c([2H])c3c([2H])c([2H])c4c([2H])c([2H])c([2H])c5c([2H])c([2H])c2c3c45)c1[2H]. The van der Waals surface area contributed by atoms with Crippen molar-refractivity contribution < 1.29 is 41.1 Å². The average Bonchev–Trinajstić information content (AvgIpc) is 3.43. The second-order valence-electron chi connectivity index (χ2n) is 11.2. The summed E-state index contributed by atoms with van der Waals surface area (Å²) >= 11 is 0. The molecule has 0 bridgehead atoms. The zero-order chi connectivity index (χ0) is 58.9. The van der Waals surface area contributed by atoms with E-state index in [9.17, 15) is 17.8 Å². The van der Waals surface area contributed by atoms with Crippen LogP contribution in [-0.4, -0.2) is 0 Å². The lowest BCUT2D eigenvalue weighted by Crippen LogP contribution is -1.88. The number of hydrogen-bond acceptors (Lipinski definition) is 0. The van der Waals surface area contributed by atoms with Crippen LogP contribution in [0.5, 0.6) is 0 Å². The molecule has 11 aromatic rings. The van der Waals surface area contributed by atoms with Gasteiger partial charge in [-0.25, -0.2) is 0 Å². The molecule has 0 fully saturated rings. The lowest BCUT2D eigenvalue weighted by molar-refractivity contribution is 1.58. The fourth-order valence-electron chi connectivity index (χ4n) is 6.22. The van der Waals surface area contributed by atoms with Gasteiger partial charge in [0.25, 0.3) is 0 Å². The lowest BCUT2D eigenvalue weighted by atomic mass is 9.89. The maximum atomic E-state index is 9.59. The molecule has 0 radical (unpaired) electrons. The summed E-state index contributed by atoms with van der Waals surface area (Å²) in [6, 6.07) is -26.5. The largest absolute Gasteiger partial charge is 0.0636 e. The van der Waals surface area contributed by atoms with E-state index in [4.69, 9.17) is 23.3 Å². The first-order valence-corrected chi connectivity index (χ1v) is 15.0. The Morgan fingerprint density at radius 3 is 1.08 bits per heavy atom. The van der Waals surface area contributed by atoms with Gasteiger partial charge in [0.15, 0.2) is 0 Å². The third-order valence-corrected chi connectivity index (χ3v) is 8.50. The van der Waals surface area contributed by atoms with Crippen LogP contribution in [0, 0.1) is 0 Å². The summed E-state index contributed by atoms with van der Waals surface area (Å²) in [5.74, 6) is 0. The van der Waals surface area contributed by atoms with Crippen molar-refractivity contribution in [1.82, 2.24) is 0 Å². The third-order valence-electron chi connectivity index (χ3n) is 8.50. The van der Waals surface area contributed by atoms with Gasteiger partial charge >= 0.3 is 0 Å². The van der Waals surface area contributed by atoms with Gasteiger partial charge < -0.3 is 0 Å². The summed E-state index contributed by atoms with van der Waals surface area (Å²) in [6.45, 7) is 0. The van der Waals surface area contributed by atoms with Crippen LogP contribution in [0.3, 0.4) is 0 Å². The summed E-state index contributed by atoms with van der Waals surface area (Å²) in [4.78, 5) is 0. The smallest absolute Gasteiger partial charge is 0.0610 e. The minimum Gasteiger partial charge on any atom is -0.0610 e. The van der Waals surface area contributed by atoms with Crippen LogP contribution >= 0.6 is 0 Å². The van der Waals surface area contributed by atoms with Crippen molar-refractivity contribution in [2.24, 2.45) is 0 Å². The van der Waals surface area contributed by atoms with E-state index in [1.54, 1.807) is 0 Å². The molecule has 0 aliphatic heterocycles. The quantitative estimate of drug-likeness (QED) is 0.165. The molecule has 0 heteroatoms. The van der Waals surface area contributed by atoms with Crippen LogP contribution in [0.1, 0.15) is 41.1 Å². The van der Waals surface area contributed by atoms with Crippen molar-refractivity contribution >= 4 is 64.6 Å². The van der Waals surface area contributed by atoms with Crippen LogP contribution in [-0.2, 0) is 0 Å². The fourth-order valence-corrected chi connectivity index (χ4v) is 6.22. The van der Waals surface area contributed by atoms with Gasteiger partial charge in [-0.2, -0.15) is 0 Å². The van der Waals surface area contributed by atoms with Crippen LogP contribution < -0.4 is 0 Å². The van der Waals surface area contributed by atoms with Gasteiger partial charge in [0.05, 0.1) is 41.1 Å². The van der Waals surface area contributed by atoms with Gasteiger partial charge in [0, 0.05) is 0 Å². The van der Waals surface area contributed by atoms with Crippen LogP contribution in [0.25, 0.3) is 109 Å². The highest BCUT2D eigenvalue weighted by molar-refractivity contribution is 6.26. The highest BCUT2D eigenvalue weighted by Gasteiger charge is 2.14. The standard InChI is InChI=1S/C50H30/c1-4-35-18-20-39-22-26-43(45-28-24-37(6-1)47(35)49(39)45)34-16-14-32(15-17-34)31-10-12-33(13-11-31)41-8-3-9-42(30-41)44-27-23-40-21-19-36-5-2-7-38-25-29-46(44)50(40)48(36)38/h1-30H/i1D,2D,3D,4D,5D,6D,7D,8D,9D,10D,11D,12D,13D,14D,15D,16D,17D,18D,19D,20D,21D,22D,23D,24D,25D,26D,27D,28D,29D,30D. The van der Waals surface area contributed by atoms with E-state index >= 15 is 0 Å². The first-order valence-electron chi connectivity index (χ1n) is 30.0. The number of hydrogen-bond donors (Lipinski definition) is 0. The van der Waals surface area contributed by atoms with Crippen molar-refractivity contribution in [3.05, 3.63) is 181 Å². The monoisotopic (exact) mass is 660 g/mol. The molecule has 0 nitrogen and oxygen atoms in total. The zero-order valence-corrected chi connectivity index (χ0v) is 25.0. The second kappa shape index (κ2) is 10.5. The lowest BCUT2D eigenvalue weighted by Gasteiger charge is -2.15. The molecule has 0 unspecified atom stereocenters. The molecule has 230 valence electrons. The summed E-state index contributed by atoms with van der Waals surface area (Å²) in [5, 5.41) is -4.69. The molecule has 0 aromatic heterocycles. The Balaban J connectivity index is 1.19. The molecule has 0 aliphatic rings. The highest BCUT2D eigenvalue weighted by atomic mass is 14.2. The Morgan fingerprint density at radius 2 is 0.580 bits per heavy atom. The molecule has 0 saturated heterocycles. The molecule has 11 aromatic carbocycles. The van der Waals surface area contributed by atoms with Gasteiger partial charge in [0.1, 0.15) is 0 Å². The summed E-state index contributed by atoms with van der Waals surface area (Å²) in [5.41, 5.74) is -6.45. The Labute approximate surface area is 332 Å². The van der Waals surface area contributed by atoms with Gasteiger partial charge in [-0.3, -0.25) is 0 Å². The Hall–Kier alpha value is -6.50. The first-order chi connectivity index (χ1) is 37.3. The molecule has 0 saturated carbocycles. The molecule has 50 heavy (non-hydrogen) atoms. The van der Waals surface area contributed by atoms with Crippen LogP contribution in [0.4, 0.5) is 0 Å². The molecule has 0 heterocycles. The maximum absolute atomic E-state index is 9.59. The molecular formula is C50H30. The van der Waals surface area contributed by atoms with Gasteiger partial charge in [-0.1, -0.05) is 175 Å². The predicted octanol–water partition coefficient (Wildman–Crippen LogP) is 14.1. The topological polar surface area (TPSA) is 0 Å². The van der Waals surface area contributed by atoms with Crippen molar-refractivity contribution in [2.75, 3.05) is 0 Å². The van der Waals surface area contributed by atoms with E-state index in [1.807, 2.05) is 0 Å². The molecule has 0 amide bonds. The van der Waals surface area contributed by atoms with Crippen molar-refractivity contribution in [3.8, 4) is 44.5 Å². The van der Waals surface area contributed by atoms with Gasteiger partial charge in [-0.15, -0.1) is 0 Å². The second-order valence-corrected chi connectivity index (χ2v) is 11.2. The first kappa shape index (κ1) is 11.3. The van der Waals surface area contributed by atoms with Crippen molar-refractivity contribution in [3.63, 3.8) is 0 Å². The Kier molecular flexibility index (Phi) is 2.37. The summed E-state index contributed by atoms with van der Waals surface area (Å²) in [6.07, 6.45) is 0. The maximum Gasteiger partial charge on any atom is 0.0636 e. The van der Waals surface area contributed by atoms with E-state index in [0.29, 0.717) is 0 Å². The Bertz CT molecular complexity index is 4700. The van der Waals surface area contributed by atoms with Gasteiger partial charge in [-0.05, 0) is 115 Å². The minimum atomic E-state index is -1.11. The van der Waals surface area contributed by atoms with Crippen LogP contribution in [0.15, 0.2) is 181 Å². The average molecular weight is 661 g/mol. The molecule has 0 N–H and O–H groups in total. The molecule has 0 atom stereocenters. The highest BCUT2D eigenvalue weighted by Crippen LogP contribution is 2.41. The zero-order valence-electron chi connectivity index (χ0n) is 55.0. The van der Waals surface area contributed by atoms with E-state index in [-0.39, 0.29) is 21.5 Å². The Morgan fingerprint density at radius 1 is 0.240 bits per heavy atom. The molecule has 0 spiro atoms. The van der Waals surface area contributed by atoms with E-state index in [1.165, 1.54) is 0 Å². The molecule has 11 rings (SSSR count). The van der Waals surface area contributed by atoms with Crippen LogP contribution in [0.2, 0.25) is 0 Å². The van der Waals surface area contributed by atoms with E-state index in [2.05, 4.69) is 0 Å². The van der Waals surface area contributed by atoms with E-state index < -0.39 is 269 Å². The molecule has 0 aliphatic carbocycles. The van der Waals surface area contributed by atoms with E-state index in [0.717, 1.165) is 0 Å². The minimum absolute atomic E-state index is 0.260. The predicted molar refractivity (Wildman–Crippen MR) is 216 cm³/mol. The third kappa shape index (κ3) is 4.06. The summed E-state index contributed by atoms with van der Waals surface area (Å²) < 4.78 is 271. The summed E-state index contributed by atoms with van der Waals surface area (Å²) in [7, 11) is 0. The molecular weight excluding hydrogens is 601 g/mol. The van der Waals surface area contributed by atoms with Gasteiger partial charge in [0.2, 0.25) is 0 Å². The van der Waals surface area contributed by atoms with Crippen molar-refractivity contribution in [1.29, 1.82) is 0 Å². The van der Waals surface area contributed by atoms with Crippen molar-refractivity contribution in [2.45, 2.75) is 0 Å². The normalized spacial score (nSPS) is 20.4. The fraction of sp³-hybridized carbons (Fsp3) is 0.